The second-order valence-corrected chi connectivity index (χ2v) is 9.93. The number of benzene rings is 1. The number of hydrogen-bond acceptors (Lipinski definition) is 3. The first kappa shape index (κ1) is 20.8. The van der Waals surface area contributed by atoms with Gasteiger partial charge < -0.3 is 9.80 Å². The lowest BCUT2D eigenvalue weighted by Gasteiger charge is -2.53. The Morgan fingerprint density at radius 2 is 1.41 bits per heavy atom. The van der Waals surface area contributed by atoms with Gasteiger partial charge in [-0.15, -0.1) is 0 Å². The Balaban J connectivity index is 1.75. The number of piperidine rings is 1. The standard InChI is InChI=1S/C26H41N3/c1-20(2)28-17-13-23(19-22-11-7-5-8-12-22)25-24(27-15-9-6-10-16-27)14-18-29(21(3)4)26(25)28/h5,7-8,11-12,20-21,23-24H,6,9-10,13-19H2,1-4H3. The molecule has 1 aromatic rings. The van der Waals surface area contributed by atoms with Crippen LogP contribution in [0.4, 0.5) is 0 Å². The molecule has 0 aliphatic carbocycles. The van der Waals surface area contributed by atoms with Crippen molar-refractivity contribution < 1.29 is 0 Å². The second kappa shape index (κ2) is 9.12. The molecule has 0 radical (unpaired) electrons. The molecule has 3 nitrogen and oxygen atoms in total. The topological polar surface area (TPSA) is 9.72 Å². The van der Waals surface area contributed by atoms with E-state index in [1.54, 1.807) is 11.4 Å². The maximum absolute atomic E-state index is 2.85. The van der Waals surface area contributed by atoms with Gasteiger partial charge in [-0.3, -0.25) is 4.90 Å². The van der Waals surface area contributed by atoms with E-state index in [1.807, 2.05) is 0 Å². The maximum atomic E-state index is 2.85. The molecule has 2 unspecified atom stereocenters. The summed E-state index contributed by atoms with van der Waals surface area (Å²) in [5, 5.41) is 0. The van der Waals surface area contributed by atoms with Crippen LogP contribution in [0.3, 0.4) is 0 Å². The highest BCUT2D eigenvalue weighted by Gasteiger charge is 2.41. The highest BCUT2D eigenvalue weighted by molar-refractivity contribution is 5.30. The smallest absolute Gasteiger partial charge is 0.105 e. The van der Waals surface area contributed by atoms with Crippen LogP contribution in [0.2, 0.25) is 0 Å². The third-order valence-electron chi connectivity index (χ3n) is 7.37. The Morgan fingerprint density at radius 3 is 2.03 bits per heavy atom. The van der Waals surface area contributed by atoms with Crippen LogP contribution in [0.25, 0.3) is 0 Å². The van der Waals surface area contributed by atoms with Crippen molar-refractivity contribution >= 4 is 0 Å². The van der Waals surface area contributed by atoms with E-state index in [2.05, 4.69) is 72.7 Å². The largest absolute Gasteiger partial charge is 0.356 e. The fraction of sp³-hybridized carbons (Fsp3) is 0.692. The molecule has 3 heterocycles. The summed E-state index contributed by atoms with van der Waals surface area (Å²) in [7, 11) is 0. The van der Waals surface area contributed by atoms with Crippen LogP contribution in [-0.2, 0) is 6.42 Å². The highest BCUT2D eigenvalue weighted by Crippen LogP contribution is 2.42. The summed E-state index contributed by atoms with van der Waals surface area (Å²) in [4.78, 5) is 8.30. The molecule has 1 saturated heterocycles. The van der Waals surface area contributed by atoms with E-state index >= 15 is 0 Å². The van der Waals surface area contributed by atoms with Crippen LogP contribution >= 0.6 is 0 Å². The van der Waals surface area contributed by atoms with Gasteiger partial charge in [0.2, 0.25) is 0 Å². The van der Waals surface area contributed by atoms with Gasteiger partial charge in [-0.05, 0) is 89.9 Å². The molecule has 1 fully saturated rings. The number of nitrogens with zero attached hydrogens (tertiary/aromatic N) is 3. The predicted octanol–water partition coefficient (Wildman–Crippen LogP) is 5.14. The minimum Gasteiger partial charge on any atom is -0.356 e. The fourth-order valence-electron chi connectivity index (χ4n) is 5.90. The van der Waals surface area contributed by atoms with E-state index < -0.39 is 0 Å². The second-order valence-electron chi connectivity index (χ2n) is 9.93. The number of rotatable bonds is 5. The zero-order chi connectivity index (χ0) is 20.4. The predicted molar refractivity (Wildman–Crippen MR) is 123 cm³/mol. The highest BCUT2D eigenvalue weighted by atomic mass is 15.4. The molecule has 0 bridgehead atoms. The Hall–Kier alpha value is -1.48. The van der Waals surface area contributed by atoms with Gasteiger partial charge in [0.1, 0.15) is 5.82 Å². The molecular formula is C26H41N3. The number of hydrogen-bond donors (Lipinski definition) is 0. The van der Waals surface area contributed by atoms with Crippen molar-refractivity contribution in [3.63, 3.8) is 0 Å². The summed E-state index contributed by atoms with van der Waals surface area (Å²) in [6.45, 7) is 14.5. The molecule has 2 atom stereocenters. The van der Waals surface area contributed by atoms with Crippen LogP contribution in [0, 0.1) is 5.92 Å². The first-order valence-corrected chi connectivity index (χ1v) is 12.1. The normalized spacial score (nSPS) is 26.4. The van der Waals surface area contributed by atoms with Crippen LogP contribution < -0.4 is 0 Å². The van der Waals surface area contributed by atoms with E-state index in [-0.39, 0.29) is 0 Å². The molecule has 3 aliphatic rings. The van der Waals surface area contributed by atoms with Gasteiger partial charge >= 0.3 is 0 Å². The lowest BCUT2D eigenvalue weighted by atomic mass is 9.78. The summed E-state index contributed by atoms with van der Waals surface area (Å²) >= 11 is 0. The third-order valence-corrected chi connectivity index (χ3v) is 7.37. The van der Waals surface area contributed by atoms with Crippen LogP contribution in [0.1, 0.15) is 65.4 Å². The molecule has 29 heavy (non-hydrogen) atoms. The molecule has 0 spiro atoms. The average Bonchev–Trinajstić information content (AvgIpc) is 2.74. The van der Waals surface area contributed by atoms with Crippen molar-refractivity contribution in [2.45, 2.75) is 84.3 Å². The summed E-state index contributed by atoms with van der Waals surface area (Å²) in [5.74, 6) is 2.28. The molecular weight excluding hydrogens is 354 g/mol. The Morgan fingerprint density at radius 1 is 0.793 bits per heavy atom. The van der Waals surface area contributed by atoms with Crippen LogP contribution in [-0.4, -0.2) is 59.0 Å². The van der Waals surface area contributed by atoms with E-state index in [9.17, 15) is 0 Å². The van der Waals surface area contributed by atoms with E-state index in [0.29, 0.717) is 24.0 Å². The van der Waals surface area contributed by atoms with Crippen molar-refractivity contribution in [2.75, 3.05) is 26.2 Å². The summed E-state index contributed by atoms with van der Waals surface area (Å²) in [5.41, 5.74) is 3.28. The van der Waals surface area contributed by atoms with Gasteiger partial charge in [0.05, 0.1) is 0 Å². The minimum absolute atomic E-state index is 0.569. The zero-order valence-electron chi connectivity index (χ0n) is 19.1. The molecule has 0 amide bonds. The molecule has 3 aliphatic heterocycles. The van der Waals surface area contributed by atoms with Gasteiger partial charge in [-0.1, -0.05) is 36.8 Å². The van der Waals surface area contributed by atoms with Gasteiger partial charge in [-0.2, -0.15) is 0 Å². The van der Waals surface area contributed by atoms with Crippen molar-refractivity contribution in [3.05, 3.63) is 47.3 Å². The zero-order valence-corrected chi connectivity index (χ0v) is 19.1. The molecule has 4 rings (SSSR count). The Bertz CT molecular complexity index is 675. The third kappa shape index (κ3) is 4.35. The summed E-state index contributed by atoms with van der Waals surface area (Å²) in [6.07, 6.45) is 7.96. The molecule has 1 aromatic carbocycles. The van der Waals surface area contributed by atoms with E-state index in [4.69, 9.17) is 0 Å². The first-order valence-electron chi connectivity index (χ1n) is 12.1. The molecule has 160 valence electrons. The summed E-state index contributed by atoms with van der Waals surface area (Å²) < 4.78 is 0. The SMILES string of the molecule is CC(C)N1CCC(Cc2ccccc2)C2=C1N(C(C)C)CCC2N1CCCCC1. The fourth-order valence-corrected chi connectivity index (χ4v) is 5.90. The van der Waals surface area contributed by atoms with Gasteiger partial charge in [0, 0.05) is 31.2 Å². The van der Waals surface area contributed by atoms with E-state index in [1.165, 1.54) is 70.3 Å². The van der Waals surface area contributed by atoms with Gasteiger partial charge in [0.25, 0.3) is 0 Å². The van der Waals surface area contributed by atoms with Crippen molar-refractivity contribution in [1.29, 1.82) is 0 Å². The van der Waals surface area contributed by atoms with E-state index in [0.717, 1.165) is 0 Å². The Kier molecular flexibility index (Phi) is 6.53. The molecule has 0 saturated carbocycles. The summed E-state index contributed by atoms with van der Waals surface area (Å²) in [6, 6.07) is 13.0. The van der Waals surface area contributed by atoms with Crippen molar-refractivity contribution in [2.24, 2.45) is 5.92 Å². The Labute approximate surface area is 178 Å². The van der Waals surface area contributed by atoms with Crippen molar-refractivity contribution in [1.82, 2.24) is 14.7 Å². The first-order chi connectivity index (χ1) is 14.1. The van der Waals surface area contributed by atoms with Gasteiger partial charge in [0.15, 0.2) is 0 Å². The average molecular weight is 396 g/mol. The molecule has 0 N–H and O–H groups in total. The minimum atomic E-state index is 0.569. The lowest BCUT2D eigenvalue weighted by molar-refractivity contribution is 0.0696. The molecule has 0 aromatic heterocycles. The molecule has 3 heteroatoms. The van der Waals surface area contributed by atoms with Crippen molar-refractivity contribution in [3.8, 4) is 0 Å². The lowest BCUT2D eigenvalue weighted by Crippen LogP contribution is -2.56. The van der Waals surface area contributed by atoms with Crippen LogP contribution in [0.15, 0.2) is 41.7 Å². The van der Waals surface area contributed by atoms with Gasteiger partial charge in [-0.25, -0.2) is 0 Å². The maximum Gasteiger partial charge on any atom is 0.105 e. The monoisotopic (exact) mass is 395 g/mol. The van der Waals surface area contributed by atoms with Crippen LogP contribution in [0.5, 0.6) is 0 Å². The quantitative estimate of drug-likeness (QED) is 0.683. The number of likely N-dealkylation sites (tertiary alicyclic amines) is 1.